The first-order valence-corrected chi connectivity index (χ1v) is 7.48. The monoisotopic (exact) mass is 284 g/mol. The van der Waals surface area contributed by atoms with Gasteiger partial charge in [0.1, 0.15) is 0 Å². The molecule has 2 heteroatoms. The predicted molar refractivity (Wildman–Crippen MR) is 86.0 cm³/mol. The van der Waals surface area contributed by atoms with E-state index in [1.54, 1.807) is 0 Å². The fourth-order valence-electron chi connectivity index (χ4n) is 2.67. The third kappa shape index (κ3) is 2.55. The summed E-state index contributed by atoms with van der Waals surface area (Å²) >= 11 is 6.42. The summed E-state index contributed by atoms with van der Waals surface area (Å²) in [6, 6.07) is 17.3. The Morgan fingerprint density at radius 3 is 2.45 bits per heavy atom. The summed E-state index contributed by atoms with van der Waals surface area (Å²) in [6.45, 7) is 5.28. The van der Waals surface area contributed by atoms with Crippen LogP contribution in [-0.4, -0.2) is 0 Å². The Morgan fingerprint density at radius 1 is 1.05 bits per heavy atom. The number of nitrogens with zero attached hydrogens (tertiary/aromatic N) is 1. The van der Waals surface area contributed by atoms with Crippen molar-refractivity contribution in [2.24, 2.45) is 0 Å². The molecule has 1 radical (unpaired) electrons. The number of para-hydroxylation sites is 1. The number of hydrogen-bond acceptors (Lipinski definition) is 1. The van der Waals surface area contributed by atoms with E-state index in [4.69, 9.17) is 11.6 Å². The maximum absolute atomic E-state index is 6.42. The quantitative estimate of drug-likeness (QED) is 0.709. The van der Waals surface area contributed by atoms with Gasteiger partial charge in [0, 0.05) is 18.7 Å². The van der Waals surface area contributed by atoms with E-state index in [9.17, 15) is 0 Å². The van der Waals surface area contributed by atoms with Crippen molar-refractivity contribution in [3.05, 3.63) is 70.7 Å². The molecular formula is C18H19ClN. The van der Waals surface area contributed by atoms with E-state index in [1.807, 2.05) is 0 Å². The Labute approximate surface area is 126 Å². The highest BCUT2D eigenvalue weighted by Gasteiger charge is 2.28. The van der Waals surface area contributed by atoms with Gasteiger partial charge >= 0.3 is 0 Å². The molecule has 2 aromatic carbocycles. The molecule has 0 unspecified atom stereocenters. The zero-order valence-corrected chi connectivity index (χ0v) is 12.7. The highest BCUT2D eigenvalue weighted by atomic mass is 35.5. The smallest absolute Gasteiger partial charge is 0.157 e. The van der Waals surface area contributed by atoms with E-state index >= 15 is 0 Å². The first-order chi connectivity index (χ1) is 9.65. The van der Waals surface area contributed by atoms with E-state index in [0.29, 0.717) is 5.92 Å². The minimum absolute atomic E-state index is 0.576. The molecule has 0 saturated carbocycles. The van der Waals surface area contributed by atoms with Gasteiger partial charge in [-0.15, -0.1) is 0 Å². The van der Waals surface area contributed by atoms with E-state index in [0.717, 1.165) is 18.5 Å². The molecular weight excluding hydrogens is 266 g/mol. The van der Waals surface area contributed by atoms with Gasteiger partial charge in [-0.1, -0.05) is 67.9 Å². The van der Waals surface area contributed by atoms with Crippen LogP contribution in [0.3, 0.4) is 0 Å². The molecule has 0 aliphatic carbocycles. The maximum Gasteiger partial charge on any atom is 0.157 e. The van der Waals surface area contributed by atoms with Crippen molar-refractivity contribution in [1.29, 1.82) is 0 Å². The van der Waals surface area contributed by atoms with Crippen LogP contribution in [0.5, 0.6) is 0 Å². The topological polar surface area (TPSA) is 3.24 Å². The fourth-order valence-corrected chi connectivity index (χ4v) is 2.96. The van der Waals surface area contributed by atoms with Crippen LogP contribution in [0.4, 0.5) is 5.69 Å². The lowest BCUT2D eigenvalue weighted by Gasteiger charge is -2.22. The molecule has 2 aromatic rings. The number of rotatable bonds is 3. The molecule has 0 spiro atoms. The maximum atomic E-state index is 6.42. The minimum Gasteiger partial charge on any atom is -0.345 e. The SMILES string of the molecule is CC(C)c1ccc(CN2[C](Cl)Cc3ccccc32)cc1. The number of benzene rings is 2. The second-order valence-electron chi connectivity index (χ2n) is 5.66. The van der Waals surface area contributed by atoms with Crippen molar-refractivity contribution in [3.8, 4) is 0 Å². The van der Waals surface area contributed by atoms with Crippen LogP contribution < -0.4 is 4.90 Å². The summed E-state index contributed by atoms with van der Waals surface area (Å²) in [4.78, 5) is 2.21. The van der Waals surface area contributed by atoms with Crippen molar-refractivity contribution < 1.29 is 0 Å². The first-order valence-electron chi connectivity index (χ1n) is 7.11. The second kappa shape index (κ2) is 5.49. The van der Waals surface area contributed by atoms with Crippen molar-refractivity contribution in [2.75, 3.05) is 4.90 Å². The average Bonchev–Trinajstić information content (AvgIpc) is 2.76. The van der Waals surface area contributed by atoms with Gasteiger partial charge in [0.05, 0.1) is 0 Å². The molecule has 0 bridgehead atoms. The largest absolute Gasteiger partial charge is 0.345 e. The highest BCUT2D eigenvalue weighted by Crippen LogP contribution is 2.39. The van der Waals surface area contributed by atoms with Crippen LogP contribution in [0.1, 0.15) is 36.5 Å². The van der Waals surface area contributed by atoms with Gasteiger partial charge in [0.25, 0.3) is 0 Å². The third-order valence-corrected chi connectivity index (χ3v) is 4.24. The molecule has 0 amide bonds. The van der Waals surface area contributed by atoms with E-state index in [2.05, 4.69) is 67.3 Å². The predicted octanol–water partition coefficient (Wildman–Crippen LogP) is 5.10. The van der Waals surface area contributed by atoms with Crippen LogP contribution in [0.25, 0.3) is 0 Å². The molecule has 0 fully saturated rings. The van der Waals surface area contributed by atoms with Crippen molar-refractivity contribution in [1.82, 2.24) is 0 Å². The van der Waals surface area contributed by atoms with E-state index in [-0.39, 0.29) is 0 Å². The summed E-state index contributed by atoms with van der Waals surface area (Å²) in [5.74, 6) is 0.576. The zero-order valence-electron chi connectivity index (χ0n) is 11.9. The van der Waals surface area contributed by atoms with E-state index in [1.165, 1.54) is 22.4 Å². The van der Waals surface area contributed by atoms with Crippen LogP contribution >= 0.6 is 11.6 Å². The van der Waals surface area contributed by atoms with Gasteiger partial charge in [-0.3, -0.25) is 0 Å². The number of anilines is 1. The summed E-state index contributed by atoms with van der Waals surface area (Å²) < 4.78 is 0. The van der Waals surface area contributed by atoms with Gasteiger partial charge in [-0.2, -0.15) is 0 Å². The van der Waals surface area contributed by atoms with Crippen molar-refractivity contribution >= 4 is 17.3 Å². The number of hydrogen-bond donors (Lipinski definition) is 0. The lowest BCUT2D eigenvalue weighted by molar-refractivity contribution is 0.858. The second-order valence-corrected chi connectivity index (χ2v) is 6.10. The van der Waals surface area contributed by atoms with Crippen LogP contribution in [-0.2, 0) is 13.0 Å². The molecule has 0 aromatic heterocycles. The molecule has 1 nitrogen and oxygen atoms in total. The van der Waals surface area contributed by atoms with Gasteiger partial charge in [0.2, 0.25) is 0 Å². The molecule has 103 valence electrons. The summed E-state index contributed by atoms with van der Waals surface area (Å²) in [5, 5.41) is 0. The van der Waals surface area contributed by atoms with Gasteiger partial charge < -0.3 is 4.90 Å². The molecule has 1 aliphatic rings. The molecule has 0 N–H and O–H groups in total. The van der Waals surface area contributed by atoms with Gasteiger partial charge in [-0.05, 0) is 28.7 Å². The molecule has 0 saturated heterocycles. The third-order valence-electron chi connectivity index (χ3n) is 3.90. The minimum atomic E-state index is 0.576. The van der Waals surface area contributed by atoms with Crippen molar-refractivity contribution in [2.45, 2.75) is 32.7 Å². The Kier molecular flexibility index (Phi) is 3.71. The number of halogens is 1. The van der Waals surface area contributed by atoms with Crippen LogP contribution in [0, 0.1) is 5.50 Å². The summed E-state index contributed by atoms with van der Waals surface area (Å²) in [6.07, 6.45) is 0.849. The molecule has 0 atom stereocenters. The Bertz CT molecular complexity index is 589. The highest BCUT2D eigenvalue weighted by molar-refractivity contribution is 6.29. The Hall–Kier alpha value is -1.47. The molecule has 3 rings (SSSR count). The van der Waals surface area contributed by atoms with Crippen LogP contribution in [0.2, 0.25) is 0 Å². The molecule has 1 heterocycles. The lowest BCUT2D eigenvalue weighted by atomic mass is 10.0. The van der Waals surface area contributed by atoms with Gasteiger partial charge in [0.15, 0.2) is 5.50 Å². The summed E-state index contributed by atoms with van der Waals surface area (Å²) in [7, 11) is 0. The van der Waals surface area contributed by atoms with Crippen molar-refractivity contribution in [3.63, 3.8) is 0 Å². The lowest BCUT2D eigenvalue weighted by Crippen LogP contribution is -2.20. The first kappa shape index (κ1) is 13.5. The molecule has 1 aliphatic heterocycles. The number of fused-ring (bicyclic) bond motifs is 1. The summed E-state index contributed by atoms with van der Waals surface area (Å²) in [5.41, 5.74) is 6.15. The fraction of sp³-hybridized carbons (Fsp3) is 0.278. The van der Waals surface area contributed by atoms with Crippen LogP contribution in [0.15, 0.2) is 48.5 Å². The molecule has 20 heavy (non-hydrogen) atoms. The standard InChI is InChI=1S/C18H19ClN/c1-13(2)15-9-7-14(8-10-15)12-20-17-6-4-3-5-16(17)11-18(20)19/h3-10,13H,11-12H2,1-2H3. The van der Waals surface area contributed by atoms with Gasteiger partial charge in [-0.25, -0.2) is 0 Å². The average molecular weight is 285 g/mol. The Balaban J connectivity index is 1.81. The normalized spacial score (nSPS) is 14.9. The zero-order chi connectivity index (χ0) is 14.1. The Morgan fingerprint density at radius 2 is 1.75 bits per heavy atom. The van der Waals surface area contributed by atoms with E-state index < -0.39 is 0 Å².